The van der Waals surface area contributed by atoms with Crippen molar-refractivity contribution < 1.29 is 19.9 Å². The summed E-state index contributed by atoms with van der Waals surface area (Å²) in [7, 11) is 2.99. The number of thiol groups is 1. The third-order valence-corrected chi connectivity index (χ3v) is 20.1. The first-order valence-corrected chi connectivity index (χ1v) is 43.8. The molecule has 0 bridgehead atoms. The number of benzene rings is 13. The first-order chi connectivity index (χ1) is 53.7. The van der Waals surface area contributed by atoms with E-state index in [-0.39, 0.29) is 0 Å². The Morgan fingerprint density at radius 2 is 0.864 bits per heavy atom. The van der Waals surface area contributed by atoms with Gasteiger partial charge in [0.15, 0.2) is 6.29 Å². The average Bonchev–Trinajstić information content (AvgIpc) is 1.57. The molecule has 9 nitrogen and oxygen atoms in total. The van der Waals surface area contributed by atoms with Gasteiger partial charge in [0, 0.05) is 76.4 Å². The van der Waals surface area contributed by atoms with Gasteiger partial charge in [-0.2, -0.15) is 0 Å². The quantitative estimate of drug-likeness (QED) is 0.0347. The summed E-state index contributed by atoms with van der Waals surface area (Å²) in [5.41, 5.74) is 7.29. The number of aliphatic hydroxyl groups is 1. The van der Waals surface area contributed by atoms with Gasteiger partial charge < -0.3 is 24.0 Å². The summed E-state index contributed by atoms with van der Waals surface area (Å²) >= 11 is 41.8. The molecule has 13 aromatic carbocycles. The molecule has 547 valence electrons. The zero-order valence-electron chi connectivity index (χ0n) is 59.2. The molecular formula is C89H67B2Br2Cl4I3N5O4S. The molecule has 0 amide bonds. The van der Waals surface area contributed by atoms with Crippen molar-refractivity contribution in [3.8, 4) is 0 Å². The summed E-state index contributed by atoms with van der Waals surface area (Å²) < 4.78 is 9.41. The van der Waals surface area contributed by atoms with E-state index in [0.717, 1.165) is 62.8 Å². The van der Waals surface area contributed by atoms with Crippen LogP contribution in [0.4, 0.5) is 0 Å². The molecule has 0 saturated carbocycles. The molecule has 1 atom stereocenters. The van der Waals surface area contributed by atoms with Gasteiger partial charge in [0.1, 0.15) is 11.8 Å². The summed E-state index contributed by atoms with van der Waals surface area (Å²) in [5.74, 6) is 0. The van der Waals surface area contributed by atoms with Crippen molar-refractivity contribution in [2.24, 2.45) is 4.30 Å². The Balaban J connectivity index is 0.000000142. The second-order valence-corrected chi connectivity index (χ2v) is 27.6. The van der Waals surface area contributed by atoms with Crippen LogP contribution in [0.2, 0.25) is 20.1 Å². The number of halogens is 9. The van der Waals surface area contributed by atoms with E-state index in [9.17, 15) is 9.90 Å². The number of nitrogens with zero attached hydrogens (tertiary/aromatic N) is 5. The van der Waals surface area contributed by atoms with Crippen LogP contribution in [0.5, 0.6) is 0 Å². The minimum atomic E-state index is -1.34. The Morgan fingerprint density at radius 3 is 1.39 bits per heavy atom. The van der Waals surface area contributed by atoms with Crippen LogP contribution in [-0.2, 0) is 0 Å². The maximum absolute atomic E-state index is 10.8. The van der Waals surface area contributed by atoms with Crippen molar-refractivity contribution in [2.45, 2.75) is 6.10 Å². The van der Waals surface area contributed by atoms with Crippen LogP contribution in [-0.4, -0.2) is 69.8 Å². The average molecular weight is 2010 g/mol. The minimum absolute atomic E-state index is 0.479. The molecule has 0 spiro atoms. The summed E-state index contributed by atoms with van der Waals surface area (Å²) in [5, 5.41) is 52.5. The molecule has 0 aliphatic carbocycles. The maximum atomic E-state index is 10.8. The van der Waals surface area contributed by atoms with E-state index in [1.807, 2.05) is 99.7 Å². The van der Waals surface area contributed by atoms with Gasteiger partial charge in [0.05, 0.1) is 26.7 Å². The van der Waals surface area contributed by atoms with Gasteiger partial charge in [0.2, 0.25) is 0 Å². The molecule has 0 saturated heterocycles. The summed E-state index contributed by atoms with van der Waals surface area (Å²) in [4.78, 5) is 23.9. The topological polar surface area (TPSA) is 125 Å². The van der Waals surface area contributed by atoms with E-state index in [4.69, 9.17) is 56.5 Å². The van der Waals surface area contributed by atoms with Crippen molar-refractivity contribution in [2.75, 3.05) is 14.8 Å². The normalized spacial score (nSPS) is 10.8. The monoisotopic (exact) mass is 2000 g/mol. The standard InChI is InChI=1S/C20H11BrClN.C20H14ClNO.C20H12ClN.C14H8BrCl.C6H7BO2.C6H5NO.3CH3I.BHNS/c21-19-17-7-3-4-10-23(17)20-15-6-2-1-5-13(15)14-9-8-12(22)11-16(14)18(19)20;21-14-8-9-16-15-6-2-1-5-13(15)11-18(17(16)12-14)20(23)19-7-3-4-10-22-19;21-13-8-9-16-15-6-1-2-7-17(15)20-19(18(16)11-13)12-14-5-3-4-10-22(14)20;15-14-7-9-3-1-2-4-11(9)12-6-5-10(16)8-13(12)14;8-7(9)6-4-2-1-3-5-6;8-5-6-3-1-2-4-7-6;3*1-2;1-2-3/h1-11H;1-12,20,23H;1-12H;1-8H;1-5,8-9H;1-5H;3*1H3;3H. The van der Waals surface area contributed by atoms with Crippen LogP contribution in [0.25, 0.3) is 119 Å². The van der Waals surface area contributed by atoms with Crippen molar-refractivity contribution in [3.63, 3.8) is 0 Å². The van der Waals surface area contributed by atoms with E-state index in [1.54, 1.807) is 54.9 Å². The van der Waals surface area contributed by atoms with Gasteiger partial charge in [-0.1, -0.05) is 306 Å². The zero-order valence-corrected chi connectivity index (χ0v) is 72.7. The van der Waals surface area contributed by atoms with Crippen LogP contribution in [0, 0.1) is 0 Å². The predicted molar refractivity (Wildman–Crippen MR) is 509 cm³/mol. The van der Waals surface area contributed by atoms with Crippen molar-refractivity contribution in [3.05, 3.63) is 362 Å². The zero-order chi connectivity index (χ0) is 78.4. The fraction of sp³-hybridized carbons (Fsp3) is 0.0449. The molecule has 19 aromatic rings. The molecule has 0 aliphatic heterocycles. The number of fused-ring (bicyclic) bond motifs is 22. The second kappa shape index (κ2) is 41.8. The van der Waals surface area contributed by atoms with E-state index < -0.39 is 13.2 Å². The summed E-state index contributed by atoms with van der Waals surface area (Å²) in [6.45, 7) is 0. The van der Waals surface area contributed by atoms with Gasteiger partial charge in [-0.25, -0.2) is 0 Å². The molecule has 1 unspecified atom stereocenters. The SMILES string of the molecule is CI.CI.CI.Clc1ccc2c(c1)c(Br)cc1ccccc12.Clc1ccc2c3ccccc3c3c(c(Br)c4ccccn43)c2c1.Clc1ccc2c3ccccc3c3c(cc4ccccn43)c2c1.O=Cc1ccccn1.OB(O)c1ccccc1.OC(c1ccccn1)c1cc2ccccc2c2ccc(Cl)cc12.[B]=NS. The van der Waals surface area contributed by atoms with Gasteiger partial charge in [-0.3, -0.25) is 14.8 Å². The number of aromatic nitrogens is 4. The molecule has 110 heavy (non-hydrogen) atoms. The Morgan fingerprint density at radius 1 is 0.436 bits per heavy atom. The number of rotatable bonds is 4. The molecular weight excluding hydrogens is 1940 g/mol. The van der Waals surface area contributed by atoms with Crippen LogP contribution in [0.1, 0.15) is 27.8 Å². The summed E-state index contributed by atoms with van der Waals surface area (Å²) in [6, 6.07) is 96.2. The van der Waals surface area contributed by atoms with Gasteiger partial charge >= 0.3 is 31.9 Å². The predicted octanol–water partition coefficient (Wildman–Crippen LogP) is 27.0. The molecule has 1 radical (unpaired) electrons. The number of pyridine rings is 4. The number of hydrogen-bond donors (Lipinski definition) is 4. The molecule has 6 aromatic heterocycles. The van der Waals surface area contributed by atoms with Crippen LogP contribution in [0.3, 0.4) is 0 Å². The number of aldehydes is 1. The second-order valence-electron chi connectivity index (χ2n) is 23.9. The molecule has 21 heteroatoms. The fourth-order valence-corrected chi connectivity index (χ4v) is 15.2. The van der Waals surface area contributed by atoms with E-state index in [0.29, 0.717) is 21.9 Å². The first-order valence-electron chi connectivity index (χ1n) is 33.8. The van der Waals surface area contributed by atoms with Gasteiger partial charge in [-0.05, 0) is 232 Å². The Bertz CT molecular complexity index is 6390. The van der Waals surface area contributed by atoms with Crippen LogP contribution < -0.4 is 5.46 Å². The van der Waals surface area contributed by atoms with Gasteiger partial charge in [-0.15, -0.1) is 0 Å². The number of alkyl halides is 3. The van der Waals surface area contributed by atoms with Crippen molar-refractivity contribution >= 4 is 304 Å². The van der Waals surface area contributed by atoms with E-state index in [2.05, 4.69) is 319 Å². The molecule has 0 fully saturated rings. The van der Waals surface area contributed by atoms with Crippen molar-refractivity contribution in [1.29, 1.82) is 0 Å². The molecule has 6 heterocycles. The number of carbonyl (C=O) groups is 1. The van der Waals surface area contributed by atoms with Crippen LogP contribution >= 0.6 is 159 Å². The van der Waals surface area contributed by atoms with E-state index in [1.165, 1.54) is 92.1 Å². The molecule has 0 aliphatic rings. The third kappa shape index (κ3) is 19.7. The summed E-state index contributed by atoms with van der Waals surface area (Å²) in [6.07, 6.45) is 7.45. The van der Waals surface area contributed by atoms with Crippen LogP contribution in [0.15, 0.2) is 329 Å². The fourth-order valence-electron chi connectivity index (χ4n) is 13.2. The molecule has 19 rings (SSSR count). The van der Waals surface area contributed by atoms with Crippen molar-refractivity contribution in [1.82, 2.24) is 18.8 Å². The molecule has 3 N–H and O–H groups in total. The Labute approximate surface area is 722 Å². The third-order valence-electron chi connectivity index (χ3n) is 17.7. The number of carbonyl (C=O) groups excluding carboxylic acids is 1. The Kier molecular flexibility index (Phi) is 32.2. The van der Waals surface area contributed by atoms with Gasteiger partial charge in [0.25, 0.3) is 0 Å². The Hall–Kier alpha value is -7.58. The first kappa shape index (κ1) is 84.9. The number of hydrogen-bond acceptors (Lipinski definition) is 8. The van der Waals surface area contributed by atoms with E-state index >= 15 is 0 Å². The number of aliphatic hydroxyl groups excluding tert-OH is 1.